The number of piperazine rings is 1. The van der Waals surface area contributed by atoms with E-state index in [1.165, 1.54) is 0 Å². The Hall–Kier alpha value is -1.90. The van der Waals surface area contributed by atoms with E-state index in [1.54, 1.807) is 7.05 Å². The van der Waals surface area contributed by atoms with Crippen molar-refractivity contribution in [2.75, 3.05) is 26.7 Å². The Balaban J connectivity index is 2.16. The maximum atomic E-state index is 11.9. The van der Waals surface area contributed by atoms with Gasteiger partial charge in [-0.1, -0.05) is 18.2 Å². The van der Waals surface area contributed by atoms with Crippen molar-refractivity contribution < 1.29 is 4.79 Å². The average Bonchev–Trinajstić information content (AvgIpc) is 2.47. The van der Waals surface area contributed by atoms with Crippen LogP contribution in [0.4, 0.5) is 0 Å². The molecule has 1 aliphatic rings. The van der Waals surface area contributed by atoms with Gasteiger partial charge in [0.25, 0.3) is 0 Å². The number of carbonyl (C=O) groups excluding carboxylic acids is 1. The van der Waals surface area contributed by atoms with Crippen molar-refractivity contribution in [3.8, 4) is 6.07 Å². The molecule has 0 aromatic heterocycles. The molecular formula is C14H18N4O. The molecule has 100 valence electrons. The second-order valence-electron chi connectivity index (χ2n) is 4.57. The molecule has 2 rings (SSSR count). The number of nitriles is 1. The van der Waals surface area contributed by atoms with Crippen molar-refractivity contribution >= 4 is 5.91 Å². The first kappa shape index (κ1) is 13.5. The average molecular weight is 258 g/mol. The van der Waals surface area contributed by atoms with E-state index < -0.39 is 0 Å². The van der Waals surface area contributed by atoms with Gasteiger partial charge in [-0.15, -0.1) is 0 Å². The largest absolute Gasteiger partial charge is 0.358 e. The van der Waals surface area contributed by atoms with Crippen LogP contribution in [0.25, 0.3) is 0 Å². The van der Waals surface area contributed by atoms with Crippen molar-refractivity contribution in [3.05, 3.63) is 35.4 Å². The van der Waals surface area contributed by atoms with Gasteiger partial charge >= 0.3 is 0 Å². The SMILES string of the molecule is CNC(=O)C1CNCCN1Cc1ccccc1C#N. The highest BCUT2D eigenvalue weighted by atomic mass is 16.2. The topological polar surface area (TPSA) is 68.2 Å². The highest BCUT2D eigenvalue weighted by Crippen LogP contribution is 2.14. The van der Waals surface area contributed by atoms with E-state index in [0.717, 1.165) is 18.7 Å². The van der Waals surface area contributed by atoms with E-state index in [2.05, 4.69) is 21.6 Å². The Kier molecular flexibility index (Phi) is 4.50. The van der Waals surface area contributed by atoms with Crippen LogP contribution in [0.1, 0.15) is 11.1 Å². The highest BCUT2D eigenvalue weighted by molar-refractivity contribution is 5.81. The number of benzene rings is 1. The summed E-state index contributed by atoms with van der Waals surface area (Å²) in [7, 11) is 1.65. The van der Waals surface area contributed by atoms with Gasteiger partial charge in [0, 0.05) is 33.2 Å². The normalized spacial score (nSPS) is 19.7. The van der Waals surface area contributed by atoms with Crippen LogP contribution in [0.3, 0.4) is 0 Å². The van der Waals surface area contributed by atoms with Crippen LogP contribution in [-0.2, 0) is 11.3 Å². The third-order valence-corrected chi connectivity index (χ3v) is 3.41. The predicted molar refractivity (Wildman–Crippen MR) is 72.3 cm³/mol. The first-order chi connectivity index (χ1) is 9.26. The maximum absolute atomic E-state index is 11.9. The molecule has 5 heteroatoms. The van der Waals surface area contributed by atoms with Crippen LogP contribution in [0.5, 0.6) is 0 Å². The summed E-state index contributed by atoms with van der Waals surface area (Å²) in [6.07, 6.45) is 0. The fourth-order valence-corrected chi connectivity index (χ4v) is 2.35. The summed E-state index contributed by atoms with van der Waals surface area (Å²) in [5.74, 6) is 0.0154. The zero-order valence-corrected chi connectivity index (χ0v) is 11.0. The summed E-state index contributed by atoms with van der Waals surface area (Å²) in [5.41, 5.74) is 1.65. The zero-order chi connectivity index (χ0) is 13.7. The molecule has 1 heterocycles. The molecule has 19 heavy (non-hydrogen) atoms. The van der Waals surface area contributed by atoms with E-state index in [4.69, 9.17) is 5.26 Å². The number of amides is 1. The van der Waals surface area contributed by atoms with Crippen molar-refractivity contribution in [2.24, 2.45) is 0 Å². The molecule has 1 aromatic rings. The molecule has 2 N–H and O–H groups in total. The molecule has 0 aliphatic carbocycles. The van der Waals surface area contributed by atoms with Crippen molar-refractivity contribution in [3.63, 3.8) is 0 Å². The Labute approximate surface area is 113 Å². The molecule has 1 atom stereocenters. The summed E-state index contributed by atoms with van der Waals surface area (Å²) in [4.78, 5) is 14.0. The van der Waals surface area contributed by atoms with Crippen LogP contribution in [0, 0.1) is 11.3 Å². The van der Waals surface area contributed by atoms with Gasteiger partial charge in [0.15, 0.2) is 0 Å². The second-order valence-corrected chi connectivity index (χ2v) is 4.57. The molecule has 1 saturated heterocycles. The molecule has 1 amide bonds. The van der Waals surface area contributed by atoms with Crippen molar-refractivity contribution in [1.82, 2.24) is 15.5 Å². The van der Waals surface area contributed by atoms with Crippen molar-refractivity contribution in [2.45, 2.75) is 12.6 Å². The molecule has 1 aliphatic heterocycles. The minimum absolute atomic E-state index is 0.0154. The Morgan fingerprint density at radius 1 is 1.58 bits per heavy atom. The van der Waals surface area contributed by atoms with Gasteiger partial charge in [-0.25, -0.2) is 0 Å². The Morgan fingerprint density at radius 2 is 2.37 bits per heavy atom. The smallest absolute Gasteiger partial charge is 0.238 e. The van der Waals surface area contributed by atoms with E-state index in [9.17, 15) is 4.79 Å². The van der Waals surface area contributed by atoms with E-state index in [0.29, 0.717) is 18.7 Å². The monoisotopic (exact) mass is 258 g/mol. The fourth-order valence-electron chi connectivity index (χ4n) is 2.35. The van der Waals surface area contributed by atoms with Gasteiger partial charge in [-0.05, 0) is 11.6 Å². The lowest BCUT2D eigenvalue weighted by Crippen LogP contribution is -2.56. The molecule has 1 unspecified atom stereocenters. The number of hydrogen-bond donors (Lipinski definition) is 2. The summed E-state index contributed by atoms with van der Waals surface area (Å²) in [5, 5.41) is 15.0. The lowest BCUT2D eigenvalue weighted by atomic mass is 10.1. The molecular weight excluding hydrogens is 240 g/mol. The second kappa shape index (κ2) is 6.32. The molecule has 0 radical (unpaired) electrons. The van der Waals surface area contributed by atoms with Crippen molar-refractivity contribution in [1.29, 1.82) is 5.26 Å². The third-order valence-electron chi connectivity index (χ3n) is 3.41. The van der Waals surface area contributed by atoms with Crippen LogP contribution in [0.15, 0.2) is 24.3 Å². The molecule has 5 nitrogen and oxygen atoms in total. The number of hydrogen-bond acceptors (Lipinski definition) is 4. The van der Waals surface area contributed by atoms with Gasteiger partial charge in [0.2, 0.25) is 5.91 Å². The van der Waals surface area contributed by atoms with Crippen LogP contribution < -0.4 is 10.6 Å². The Bertz CT molecular complexity index is 494. The lowest BCUT2D eigenvalue weighted by Gasteiger charge is -2.35. The molecule has 1 fully saturated rings. The van der Waals surface area contributed by atoms with Gasteiger partial charge in [-0.2, -0.15) is 5.26 Å². The Morgan fingerprint density at radius 3 is 3.11 bits per heavy atom. The quantitative estimate of drug-likeness (QED) is 0.805. The lowest BCUT2D eigenvalue weighted by molar-refractivity contribution is -0.126. The number of nitrogens with one attached hydrogen (secondary N) is 2. The van der Waals surface area contributed by atoms with E-state index >= 15 is 0 Å². The van der Waals surface area contributed by atoms with E-state index in [1.807, 2.05) is 24.3 Å². The summed E-state index contributed by atoms with van der Waals surface area (Å²) in [6.45, 7) is 2.94. The number of nitrogens with zero attached hydrogens (tertiary/aromatic N) is 2. The third kappa shape index (κ3) is 3.11. The number of rotatable bonds is 3. The number of carbonyl (C=O) groups is 1. The highest BCUT2D eigenvalue weighted by Gasteiger charge is 2.28. The summed E-state index contributed by atoms with van der Waals surface area (Å²) in [6, 6.07) is 9.56. The summed E-state index contributed by atoms with van der Waals surface area (Å²) < 4.78 is 0. The van der Waals surface area contributed by atoms with E-state index in [-0.39, 0.29) is 11.9 Å². The van der Waals surface area contributed by atoms with Gasteiger partial charge < -0.3 is 10.6 Å². The zero-order valence-electron chi connectivity index (χ0n) is 11.0. The standard InChI is InChI=1S/C14H18N4O/c1-16-14(19)13-9-17-6-7-18(13)10-12-5-3-2-4-11(12)8-15/h2-5,13,17H,6-7,9-10H2,1H3,(H,16,19). The maximum Gasteiger partial charge on any atom is 0.238 e. The van der Waals surface area contributed by atoms with Crippen LogP contribution in [-0.4, -0.2) is 43.5 Å². The molecule has 0 spiro atoms. The van der Waals surface area contributed by atoms with Gasteiger partial charge in [-0.3, -0.25) is 9.69 Å². The van der Waals surface area contributed by atoms with Crippen LogP contribution in [0.2, 0.25) is 0 Å². The fraction of sp³-hybridized carbons (Fsp3) is 0.429. The minimum atomic E-state index is -0.175. The molecule has 1 aromatic carbocycles. The minimum Gasteiger partial charge on any atom is -0.358 e. The summed E-state index contributed by atoms with van der Waals surface area (Å²) >= 11 is 0. The molecule has 0 saturated carbocycles. The van der Waals surface area contributed by atoms with Gasteiger partial charge in [0.05, 0.1) is 11.6 Å². The number of likely N-dealkylation sites (N-methyl/N-ethyl adjacent to an activating group) is 1. The van der Waals surface area contributed by atoms with Gasteiger partial charge in [0.1, 0.15) is 6.04 Å². The predicted octanol–water partition coefficient (Wildman–Crippen LogP) is 0.0781. The first-order valence-corrected chi connectivity index (χ1v) is 6.40. The van der Waals surface area contributed by atoms with Crippen LogP contribution >= 0.6 is 0 Å². The molecule has 0 bridgehead atoms. The first-order valence-electron chi connectivity index (χ1n) is 6.40.